The summed E-state index contributed by atoms with van der Waals surface area (Å²) in [4.78, 5) is 23.1. The van der Waals surface area contributed by atoms with Gasteiger partial charge in [0.15, 0.2) is 5.96 Å². The number of aromatic nitrogens is 1. The highest BCUT2D eigenvalue weighted by Gasteiger charge is 2.24. The average Bonchev–Trinajstić information content (AvgIpc) is 3.07. The summed E-state index contributed by atoms with van der Waals surface area (Å²) in [7, 11) is 1.79. The molecule has 7 heteroatoms. The van der Waals surface area contributed by atoms with Crippen LogP contribution in [0.4, 0.5) is 0 Å². The minimum Gasteiger partial charge on any atom is -0.354 e. The number of hydrogen-bond donors (Lipinski definition) is 2. The predicted molar refractivity (Wildman–Crippen MR) is 109 cm³/mol. The van der Waals surface area contributed by atoms with Crippen LogP contribution in [-0.2, 0) is 16.8 Å². The number of nitrogens with zero attached hydrogens (tertiary/aromatic N) is 3. The summed E-state index contributed by atoms with van der Waals surface area (Å²) in [5.74, 6) is 1.13. The third-order valence-electron chi connectivity index (χ3n) is 4.59. The molecule has 0 spiro atoms. The van der Waals surface area contributed by atoms with Crippen LogP contribution < -0.4 is 10.6 Å². The van der Waals surface area contributed by atoms with E-state index in [2.05, 4.69) is 41.8 Å². The minimum atomic E-state index is 0.0743. The molecule has 2 rings (SSSR count). The van der Waals surface area contributed by atoms with Gasteiger partial charge in [-0.05, 0) is 12.8 Å². The molecule has 1 amide bonds. The van der Waals surface area contributed by atoms with Gasteiger partial charge in [-0.3, -0.25) is 9.79 Å². The van der Waals surface area contributed by atoms with E-state index in [9.17, 15) is 4.79 Å². The van der Waals surface area contributed by atoms with Gasteiger partial charge in [0.1, 0.15) is 5.01 Å². The van der Waals surface area contributed by atoms with Gasteiger partial charge in [0, 0.05) is 42.9 Å². The monoisotopic (exact) mass is 379 g/mol. The number of piperidine rings is 1. The molecule has 1 aromatic rings. The van der Waals surface area contributed by atoms with Crippen molar-refractivity contribution in [3.8, 4) is 0 Å². The van der Waals surface area contributed by atoms with Crippen molar-refractivity contribution in [3.05, 3.63) is 16.1 Å². The zero-order valence-corrected chi connectivity index (χ0v) is 17.7. The van der Waals surface area contributed by atoms with Crippen LogP contribution in [0.3, 0.4) is 0 Å². The van der Waals surface area contributed by atoms with E-state index in [1.165, 1.54) is 0 Å². The van der Waals surface area contributed by atoms with Gasteiger partial charge >= 0.3 is 0 Å². The van der Waals surface area contributed by atoms with Crippen molar-refractivity contribution in [1.82, 2.24) is 20.5 Å². The zero-order chi connectivity index (χ0) is 19.3. The standard InChI is InChI=1S/C19H33N5OS/c1-13(2)17(25)24-9-7-14(8-10-24)22-18(20-6)21-11-16-23-15(12-26-16)19(3,4)5/h12-14H,7-11H2,1-6H3,(H2,20,21,22). The Balaban J connectivity index is 1.80. The molecule has 0 radical (unpaired) electrons. The molecule has 0 saturated carbocycles. The predicted octanol–water partition coefficient (Wildman–Crippen LogP) is 2.75. The van der Waals surface area contributed by atoms with Gasteiger partial charge in [0.25, 0.3) is 0 Å². The smallest absolute Gasteiger partial charge is 0.225 e. The number of carbonyl (C=O) groups excluding carboxylic acids is 1. The van der Waals surface area contributed by atoms with Gasteiger partial charge in [-0.1, -0.05) is 34.6 Å². The molecule has 6 nitrogen and oxygen atoms in total. The number of amides is 1. The molecule has 2 heterocycles. The lowest BCUT2D eigenvalue weighted by atomic mass is 9.93. The van der Waals surface area contributed by atoms with Crippen molar-refractivity contribution in [2.24, 2.45) is 10.9 Å². The Morgan fingerprint density at radius 2 is 2.04 bits per heavy atom. The first kappa shape index (κ1) is 20.7. The number of carbonyl (C=O) groups is 1. The van der Waals surface area contributed by atoms with Crippen LogP contribution in [0.15, 0.2) is 10.4 Å². The molecular weight excluding hydrogens is 346 g/mol. The van der Waals surface area contributed by atoms with E-state index < -0.39 is 0 Å². The maximum atomic E-state index is 12.1. The van der Waals surface area contributed by atoms with Gasteiger partial charge in [0.05, 0.1) is 12.2 Å². The number of rotatable bonds is 4. The normalized spacial score (nSPS) is 16.9. The number of likely N-dealkylation sites (tertiary alicyclic amines) is 1. The van der Waals surface area contributed by atoms with Crippen LogP contribution >= 0.6 is 11.3 Å². The highest BCUT2D eigenvalue weighted by atomic mass is 32.1. The molecular formula is C19H33N5OS. The summed E-state index contributed by atoms with van der Waals surface area (Å²) in [6.45, 7) is 12.7. The van der Waals surface area contributed by atoms with Crippen molar-refractivity contribution < 1.29 is 4.79 Å². The molecule has 0 aromatic carbocycles. The Kier molecular flexibility index (Phi) is 7.03. The Labute approximate surface area is 161 Å². The SMILES string of the molecule is CN=C(NCc1nc(C(C)(C)C)cs1)NC1CCN(C(=O)C(C)C)CC1. The Bertz CT molecular complexity index is 624. The van der Waals surface area contributed by atoms with Gasteiger partial charge in [0.2, 0.25) is 5.91 Å². The first-order valence-electron chi connectivity index (χ1n) is 9.41. The molecule has 1 aromatic heterocycles. The number of aliphatic imine (C=N–C) groups is 1. The summed E-state index contributed by atoms with van der Waals surface area (Å²) in [6.07, 6.45) is 1.90. The number of thiazole rings is 1. The fourth-order valence-electron chi connectivity index (χ4n) is 2.89. The van der Waals surface area contributed by atoms with E-state index in [4.69, 9.17) is 4.98 Å². The van der Waals surface area contributed by atoms with Crippen LogP contribution in [0.25, 0.3) is 0 Å². The summed E-state index contributed by atoms with van der Waals surface area (Å²) in [5.41, 5.74) is 1.21. The summed E-state index contributed by atoms with van der Waals surface area (Å²) in [6, 6.07) is 0.346. The first-order chi connectivity index (χ1) is 12.2. The highest BCUT2D eigenvalue weighted by Crippen LogP contribution is 2.23. The fourth-order valence-corrected chi connectivity index (χ4v) is 3.85. The molecule has 146 valence electrons. The Hall–Kier alpha value is -1.63. The topological polar surface area (TPSA) is 69.6 Å². The van der Waals surface area contributed by atoms with Gasteiger partial charge in [-0.2, -0.15) is 0 Å². The van der Waals surface area contributed by atoms with Crippen molar-refractivity contribution in [3.63, 3.8) is 0 Å². The molecule has 0 atom stereocenters. The molecule has 0 aliphatic carbocycles. The number of nitrogens with one attached hydrogen (secondary N) is 2. The molecule has 1 aliphatic rings. The van der Waals surface area contributed by atoms with Gasteiger partial charge in [-0.25, -0.2) is 4.98 Å². The summed E-state index contributed by atoms with van der Waals surface area (Å²) >= 11 is 1.68. The lowest BCUT2D eigenvalue weighted by Gasteiger charge is -2.34. The largest absolute Gasteiger partial charge is 0.354 e. The Morgan fingerprint density at radius 3 is 2.54 bits per heavy atom. The van der Waals surface area contributed by atoms with Crippen molar-refractivity contribution in [2.45, 2.75) is 65.5 Å². The van der Waals surface area contributed by atoms with E-state index in [0.717, 1.165) is 42.6 Å². The van der Waals surface area contributed by atoms with E-state index in [1.807, 2.05) is 18.7 Å². The van der Waals surface area contributed by atoms with Crippen molar-refractivity contribution >= 4 is 23.2 Å². The number of guanidine groups is 1. The highest BCUT2D eigenvalue weighted by molar-refractivity contribution is 7.09. The molecule has 2 N–H and O–H groups in total. The third kappa shape index (κ3) is 5.69. The van der Waals surface area contributed by atoms with Gasteiger partial charge in [-0.15, -0.1) is 11.3 Å². The maximum absolute atomic E-state index is 12.1. The van der Waals surface area contributed by atoms with Gasteiger partial charge < -0.3 is 15.5 Å². The first-order valence-corrected chi connectivity index (χ1v) is 10.3. The van der Waals surface area contributed by atoms with Crippen LogP contribution in [0.2, 0.25) is 0 Å². The molecule has 26 heavy (non-hydrogen) atoms. The van der Waals surface area contributed by atoms with E-state index >= 15 is 0 Å². The zero-order valence-electron chi connectivity index (χ0n) is 16.9. The van der Waals surface area contributed by atoms with E-state index in [0.29, 0.717) is 12.6 Å². The Morgan fingerprint density at radius 1 is 1.38 bits per heavy atom. The molecule has 0 bridgehead atoms. The third-order valence-corrected chi connectivity index (χ3v) is 5.44. The molecule has 1 saturated heterocycles. The molecule has 1 fully saturated rings. The lowest BCUT2D eigenvalue weighted by Crippen LogP contribution is -2.50. The molecule has 1 aliphatic heterocycles. The second-order valence-electron chi connectivity index (χ2n) is 8.20. The quantitative estimate of drug-likeness (QED) is 0.623. The molecule has 0 unspecified atom stereocenters. The van der Waals surface area contributed by atoms with Crippen LogP contribution in [0.1, 0.15) is 58.2 Å². The van der Waals surface area contributed by atoms with Crippen LogP contribution in [0, 0.1) is 5.92 Å². The van der Waals surface area contributed by atoms with Crippen LogP contribution in [-0.4, -0.2) is 47.9 Å². The van der Waals surface area contributed by atoms with Crippen molar-refractivity contribution in [1.29, 1.82) is 0 Å². The summed E-state index contributed by atoms with van der Waals surface area (Å²) < 4.78 is 0. The van der Waals surface area contributed by atoms with Crippen LogP contribution in [0.5, 0.6) is 0 Å². The lowest BCUT2D eigenvalue weighted by molar-refractivity contribution is -0.135. The summed E-state index contributed by atoms with van der Waals surface area (Å²) in [5, 5.41) is 10.0. The van der Waals surface area contributed by atoms with Crippen molar-refractivity contribution in [2.75, 3.05) is 20.1 Å². The second-order valence-corrected chi connectivity index (χ2v) is 9.14. The maximum Gasteiger partial charge on any atom is 0.225 e. The second kappa shape index (κ2) is 8.84. The van der Waals surface area contributed by atoms with E-state index in [-0.39, 0.29) is 17.2 Å². The fraction of sp³-hybridized carbons (Fsp3) is 0.737. The van der Waals surface area contributed by atoms with E-state index in [1.54, 1.807) is 18.4 Å². The minimum absolute atomic E-state index is 0.0743. The number of hydrogen-bond acceptors (Lipinski definition) is 4. The average molecular weight is 380 g/mol.